The van der Waals surface area contributed by atoms with Crippen molar-refractivity contribution in [2.75, 3.05) is 18.4 Å². The molecular formula is C19H22ClN3O2. The van der Waals surface area contributed by atoms with Crippen molar-refractivity contribution in [1.29, 1.82) is 0 Å². The Morgan fingerprint density at radius 3 is 2.44 bits per heavy atom. The van der Waals surface area contributed by atoms with Crippen LogP contribution >= 0.6 is 11.6 Å². The molecule has 25 heavy (non-hydrogen) atoms. The summed E-state index contributed by atoms with van der Waals surface area (Å²) in [6, 6.07) is 6.83. The summed E-state index contributed by atoms with van der Waals surface area (Å²) >= 11 is 6.24. The van der Waals surface area contributed by atoms with Crippen molar-refractivity contribution >= 4 is 29.1 Å². The number of aromatic nitrogens is 1. The molecule has 1 N–H and O–H groups in total. The molecule has 0 spiro atoms. The van der Waals surface area contributed by atoms with Crippen LogP contribution in [0, 0.1) is 13.8 Å². The van der Waals surface area contributed by atoms with E-state index >= 15 is 0 Å². The molecule has 2 amide bonds. The molecule has 0 radical (unpaired) electrons. The zero-order chi connectivity index (χ0) is 18.6. The molecule has 0 aliphatic rings. The van der Waals surface area contributed by atoms with E-state index in [1.54, 1.807) is 17.0 Å². The van der Waals surface area contributed by atoms with Crippen LogP contribution in [0.15, 0.2) is 30.5 Å². The Balaban J connectivity index is 2.26. The fourth-order valence-electron chi connectivity index (χ4n) is 2.62. The Kier molecular flexibility index (Phi) is 6.15. The first-order valence-corrected chi connectivity index (χ1v) is 8.58. The predicted molar refractivity (Wildman–Crippen MR) is 100 cm³/mol. The van der Waals surface area contributed by atoms with Crippen molar-refractivity contribution in [1.82, 2.24) is 9.88 Å². The maximum Gasteiger partial charge on any atom is 0.272 e. The molecule has 0 bridgehead atoms. The highest BCUT2D eigenvalue weighted by molar-refractivity contribution is 6.34. The first-order chi connectivity index (χ1) is 11.9. The van der Waals surface area contributed by atoms with Gasteiger partial charge in [0.2, 0.25) is 0 Å². The van der Waals surface area contributed by atoms with E-state index in [0.717, 1.165) is 11.1 Å². The lowest BCUT2D eigenvalue weighted by Crippen LogP contribution is -2.31. The normalized spacial score (nSPS) is 10.4. The molecule has 1 aromatic carbocycles. The average molecular weight is 360 g/mol. The van der Waals surface area contributed by atoms with E-state index in [0.29, 0.717) is 29.4 Å². The fraction of sp³-hybridized carbons (Fsp3) is 0.316. The average Bonchev–Trinajstić information content (AvgIpc) is 2.59. The van der Waals surface area contributed by atoms with Crippen molar-refractivity contribution < 1.29 is 9.59 Å². The third-order valence-electron chi connectivity index (χ3n) is 3.96. The molecule has 2 aromatic rings. The standard InChI is InChI=1S/C19H22ClN3O2/c1-5-23(6-2)19(25)16-11-14(7-8-21-16)18(24)22-17-13(4)9-12(3)10-15(17)20/h7-11H,5-6H2,1-4H3,(H,22,24). The molecule has 0 aliphatic carbocycles. The molecule has 0 saturated heterocycles. The summed E-state index contributed by atoms with van der Waals surface area (Å²) in [7, 11) is 0. The van der Waals surface area contributed by atoms with Crippen LogP contribution in [0.25, 0.3) is 0 Å². The van der Waals surface area contributed by atoms with E-state index in [2.05, 4.69) is 10.3 Å². The molecule has 6 heteroatoms. The van der Waals surface area contributed by atoms with E-state index in [1.165, 1.54) is 12.3 Å². The van der Waals surface area contributed by atoms with Gasteiger partial charge in [0.05, 0.1) is 10.7 Å². The molecule has 132 valence electrons. The number of hydrogen-bond acceptors (Lipinski definition) is 3. The monoisotopic (exact) mass is 359 g/mol. The van der Waals surface area contributed by atoms with Crippen LogP contribution in [-0.4, -0.2) is 34.8 Å². The Morgan fingerprint density at radius 2 is 1.84 bits per heavy atom. The number of halogens is 1. The molecule has 1 heterocycles. The molecular weight excluding hydrogens is 338 g/mol. The second-order valence-corrected chi connectivity index (χ2v) is 6.21. The maximum atomic E-state index is 12.6. The van der Waals surface area contributed by atoms with E-state index in [1.807, 2.05) is 33.8 Å². The SMILES string of the molecule is CCN(CC)C(=O)c1cc(C(=O)Nc2c(C)cc(C)cc2Cl)ccn1. The first-order valence-electron chi connectivity index (χ1n) is 8.20. The number of pyridine rings is 1. The highest BCUT2D eigenvalue weighted by Crippen LogP contribution is 2.27. The van der Waals surface area contributed by atoms with Gasteiger partial charge in [0.15, 0.2) is 0 Å². The first kappa shape index (κ1) is 18.9. The highest BCUT2D eigenvalue weighted by atomic mass is 35.5. The minimum Gasteiger partial charge on any atom is -0.338 e. The summed E-state index contributed by atoms with van der Waals surface area (Å²) < 4.78 is 0. The summed E-state index contributed by atoms with van der Waals surface area (Å²) in [5.74, 6) is -0.519. The molecule has 0 aliphatic heterocycles. The Bertz CT molecular complexity index is 778. The number of hydrogen-bond donors (Lipinski definition) is 1. The molecule has 0 atom stereocenters. The van der Waals surface area contributed by atoms with Crippen LogP contribution in [0.1, 0.15) is 45.8 Å². The van der Waals surface area contributed by atoms with Gasteiger partial charge in [0.1, 0.15) is 5.69 Å². The number of carbonyl (C=O) groups excluding carboxylic acids is 2. The number of benzene rings is 1. The summed E-state index contributed by atoms with van der Waals surface area (Å²) in [6.07, 6.45) is 1.47. The van der Waals surface area contributed by atoms with Gasteiger partial charge in [-0.3, -0.25) is 14.6 Å². The lowest BCUT2D eigenvalue weighted by molar-refractivity contribution is 0.0767. The van der Waals surface area contributed by atoms with Crippen LogP contribution in [0.2, 0.25) is 5.02 Å². The number of nitrogens with one attached hydrogen (secondary N) is 1. The lowest BCUT2D eigenvalue weighted by Gasteiger charge is -2.18. The quantitative estimate of drug-likeness (QED) is 0.874. The van der Waals surface area contributed by atoms with Crippen molar-refractivity contribution in [3.05, 3.63) is 57.9 Å². The second-order valence-electron chi connectivity index (χ2n) is 5.80. The number of anilines is 1. The number of carbonyl (C=O) groups is 2. The summed E-state index contributed by atoms with van der Waals surface area (Å²) in [6.45, 7) is 8.81. The van der Waals surface area contributed by atoms with Gasteiger partial charge in [-0.05, 0) is 57.0 Å². The van der Waals surface area contributed by atoms with Crippen LogP contribution in [0.5, 0.6) is 0 Å². The molecule has 0 unspecified atom stereocenters. The fourth-order valence-corrected chi connectivity index (χ4v) is 2.99. The topological polar surface area (TPSA) is 62.3 Å². The maximum absolute atomic E-state index is 12.6. The minimum absolute atomic E-state index is 0.191. The molecule has 2 rings (SSSR count). The zero-order valence-electron chi connectivity index (χ0n) is 14.9. The smallest absolute Gasteiger partial charge is 0.272 e. The van der Waals surface area contributed by atoms with Gasteiger partial charge >= 0.3 is 0 Å². The van der Waals surface area contributed by atoms with E-state index < -0.39 is 0 Å². The van der Waals surface area contributed by atoms with Crippen LogP contribution < -0.4 is 5.32 Å². The molecule has 0 fully saturated rings. The van der Waals surface area contributed by atoms with Gasteiger partial charge in [-0.15, -0.1) is 0 Å². The summed E-state index contributed by atoms with van der Waals surface area (Å²) in [4.78, 5) is 30.7. The van der Waals surface area contributed by atoms with Gasteiger partial charge < -0.3 is 10.2 Å². The third kappa shape index (κ3) is 4.37. The van der Waals surface area contributed by atoms with Gasteiger partial charge in [-0.1, -0.05) is 17.7 Å². The Morgan fingerprint density at radius 1 is 1.16 bits per heavy atom. The number of aryl methyl sites for hydroxylation is 2. The van der Waals surface area contributed by atoms with Crippen LogP contribution in [0.3, 0.4) is 0 Å². The van der Waals surface area contributed by atoms with Gasteiger partial charge in [0, 0.05) is 24.8 Å². The lowest BCUT2D eigenvalue weighted by atomic mass is 10.1. The number of amides is 2. The Hall–Kier alpha value is -2.40. The summed E-state index contributed by atoms with van der Waals surface area (Å²) in [5.41, 5.74) is 3.10. The second kappa shape index (κ2) is 8.12. The van der Waals surface area contributed by atoms with Gasteiger partial charge in [0.25, 0.3) is 11.8 Å². The van der Waals surface area contributed by atoms with E-state index in [9.17, 15) is 9.59 Å². The highest BCUT2D eigenvalue weighted by Gasteiger charge is 2.17. The zero-order valence-corrected chi connectivity index (χ0v) is 15.6. The minimum atomic E-state index is -0.329. The largest absolute Gasteiger partial charge is 0.338 e. The van der Waals surface area contributed by atoms with Crippen molar-refractivity contribution in [2.24, 2.45) is 0 Å². The summed E-state index contributed by atoms with van der Waals surface area (Å²) in [5, 5.41) is 3.31. The molecule has 5 nitrogen and oxygen atoms in total. The van der Waals surface area contributed by atoms with Gasteiger partial charge in [-0.25, -0.2) is 0 Å². The van der Waals surface area contributed by atoms with Crippen molar-refractivity contribution in [3.8, 4) is 0 Å². The molecule has 0 saturated carbocycles. The number of rotatable bonds is 5. The van der Waals surface area contributed by atoms with E-state index in [-0.39, 0.29) is 17.5 Å². The number of nitrogens with zero attached hydrogens (tertiary/aromatic N) is 2. The van der Waals surface area contributed by atoms with Crippen molar-refractivity contribution in [2.45, 2.75) is 27.7 Å². The molecule has 1 aromatic heterocycles. The third-order valence-corrected chi connectivity index (χ3v) is 4.26. The van der Waals surface area contributed by atoms with Gasteiger partial charge in [-0.2, -0.15) is 0 Å². The van der Waals surface area contributed by atoms with E-state index in [4.69, 9.17) is 11.6 Å². The van der Waals surface area contributed by atoms with Crippen LogP contribution in [0.4, 0.5) is 5.69 Å². The van der Waals surface area contributed by atoms with Crippen molar-refractivity contribution in [3.63, 3.8) is 0 Å². The predicted octanol–water partition coefficient (Wildman–Crippen LogP) is 4.09. The Labute approximate surface area is 153 Å². The van der Waals surface area contributed by atoms with Crippen LogP contribution in [-0.2, 0) is 0 Å².